The second kappa shape index (κ2) is 7.36. The van der Waals surface area contributed by atoms with E-state index in [2.05, 4.69) is 45.2 Å². The van der Waals surface area contributed by atoms with E-state index >= 15 is 0 Å². The first-order chi connectivity index (χ1) is 9.44. The van der Waals surface area contributed by atoms with Crippen molar-refractivity contribution in [3.63, 3.8) is 0 Å². The lowest BCUT2D eigenvalue weighted by atomic mass is 10.0. The lowest BCUT2D eigenvalue weighted by molar-refractivity contribution is -0.169. The largest absolute Gasteiger partial charge is 0.449 e. The van der Waals surface area contributed by atoms with E-state index in [1.54, 1.807) is 0 Å². The predicted molar refractivity (Wildman–Crippen MR) is 108 cm³/mol. The molecule has 0 amide bonds. The Hall–Kier alpha value is 1.14. The van der Waals surface area contributed by atoms with Crippen LogP contribution < -0.4 is 0 Å². The van der Waals surface area contributed by atoms with Crippen LogP contribution in [0.3, 0.4) is 0 Å². The molecule has 1 rings (SSSR count). The number of hydrogen-bond acceptors (Lipinski definition) is 3. The Morgan fingerprint density at radius 1 is 1.14 bits per heavy atom. The average Bonchev–Trinajstić information content (AvgIpc) is 2.35. The van der Waals surface area contributed by atoms with Crippen molar-refractivity contribution in [3.8, 4) is 0 Å². The van der Waals surface area contributed by atoms with Gasteiger partial charge >= 0.3 is 11.9 Å². The highest BCUT2D eigenvalue weighted by atomic mass is 127. The number of alkyl halides is 2. The monoisotopic (exact) mass is 746 g/mol. The molecule has 0 heterocycles. The third kappa shape index (κ3) is 4.36. The van der Waals surface area contributed by atoms with Crippen molar-refractivity contribution < 1.29 is 23.1 Å². The third-order valence-corrected chi connectivity index (χ3v) is 8.62. The van der Waals surface area contributed by atoms with Crippen molar-refractivity contribution in [2.24, 2.45) is 0 Å². The van der Waals surface area contributed by atoms with Gasteiger partial charge in [-0.2, -0.15) is 8.78 Å². The van der Waals surface area contributed by atoms with Crippen molar-refractivity contribution in [2.45, 2.75) is 25.4 Å². The van der Waals surface area contributed by atoms with Gasteiger partial charge in [0, 0.05) is 14.3 Å². The molecule has 0 aliphatic rings. The fourth-order valence-corrected chi connectivity index (χ4v) is 4.81. The van der Waals surface area contributed by atoms with Gasteiger partial charge in [-0.1, -0.05) is 0 Å². The molecule has 0 aliphatic heterocycles. The van der Waals surface area contributed by atoms with Gasteiger partial charge in [-0.05, 0) is 110 Å². The number of rotatable bonds is 4. The second-order valence-corrected chi connectivity index (χ2v) is 8.97. The molecule has 0 atom stereocenters. The van der Waals surface area contributed by atoms with E-state index in [0.29, 0.717) is 7.14 Å². The highest BCUT2D eigenvalue weighted by Crippen LogP contribution is 2.34. The maximum Gasteiger partial charge on any atom is 0.341 e. The smallest absolute Gasteiger partial charge is 0.341 e. The van der Waals surface area contributed by atoms with Crippen molar-refractivity contribution in [1.82, 2.24) is 0 Å². The van der Waals surface area contributed by atoms with E-state index in [-0.39, 0.29) is 5.56 Å². The minimum atomic E-state index is -3.76. The number of halogens is 6. The Bertz CT molecular complexity index is 576. The van der Waals surface area contributed by atoms with Crippen molar-refractivity contribution >= 4 is 103 Å². The first-order valence-electron chi connectivity index (χ1n) is 5.35. The number of aldehydes is 1. The Morgan fingerprint density at radius 3 is 1.95 bits per heavy atom. The van der Waals surface area contributed by atoms with E-state index < -0.39 is 23.8 Å². The summed E-state index contributed by atoms with van der Waals surface area (Å²) in [5, 5.41) is 0. The van der Waals surface area contributed by atoms with Gasteiger partial charge in [0.15, 0.2) is 11.9 Å². The molecule has 0 bridgehead atoms. The van der Waals surface area contributed by atoms with Gasteiger partial charge in [-0.25, -0.2) is 4.79 Å². The third-order valence-electron chi connectivity index (χ3n) is 2.61. The zero-order valence-corrected chi connectivity index (χ0v) is 19.3. The fraction of sp³-hybridized carbons (Fsp3) is 0.333. The van der Waals surface area contributed by atoms with Crippen LogP contribution in [-0.4, -0.2) is 23.8 Å². The molecule has 1 aromatic rings. The molecule has 0 aliphatic carbocycles. The van der Waals surface area contributed by atoms with Gasteiger partial charge < -0.3 is 4.74 Å². The minimum Gasteiger partial charge on any atom is -0.449 e. The van der Waals surface area contributed by atoms with Crippen molar-refractivity contribution in [2.75, 3.05) is 0 Å². The summed E-state index contributed by atoms with van der Waals surface area (Å²) in [6.45, 7) is 2.02. The Balaban J connectivity index is 3.26. The van der Waals surface area contributed by atoms with Gasteiger partial charge in [0.2, 0.25) is 0 Å². The molecule has 116 valence electrons. The quantitative estimate of drug-likeness (QED) is 0.191. The van der Waals surface area contributed by atoms with Gasteiger partial charge in [0.05, 0.1) is 5.56 Å². The molecule has 9 heteroatoms. The first kappa shape index (κ1) is 20.2. The number of hydrogen-bond donors (Lipinski definition) is 0. The number of carbonyl (C=O) groups is 2. The van der Waals surface area contributed by atoms with Crippen LogP contribution in [0.4, 0.5) is 8.78 Å². The predicted octanol–water partition coefficient (Wildman–Crippen LogP) is 4.87. The van der Waals surface area contributed by atoms with Crippen LogP contribution in [0, 0.1) is 14.3 Å². The summed E-state index contributed by atoms with van der Waals surface area (Å²) >= 11 is 8.06. The Kier molecular flexibility index (Phi) is 7.07. The molecule has 0 spiro atoms. The minimum absolute atomic E-state index is 0.238. The van der Waals surface area contributed by atoms with Crippen LogP contribution in [0.5, 0.6) is 0 Å². The molecular formula is C12H8F2I4O3. The number of carbonyl (C=O) groups excluding carboxylic acids is 2. The summed E-state index contributed by atoms with van der Waals surface area (Å²) in [5.41, 5.74) is -1.98. The zero-order valence-electron chi connectivity index (χ0n) is 10.6. The summed E-state index contributed by atoms with van der Waals surface area (Å²) in [6.07, 6.45) is -0.505. The molecular weight excluding hydrogens is 738 g/mol. The maximum atomic E-state index is 13.5. The molecule has 3 nitrogen and oxygen atoms in total. The van der Waals surface area contributed by atoms with Crippen LogP contribution in [0.25, 0.3) is 0 Å². The molecule has 21 heavy (non-hydrogen) atoms. The first-order valence-corrected chi connectivity index (χ1v) is 9.66. The maximum absolute atomic E-state index is 13.5. The summed E-state index contributed by atoms with van der Waals surface area (Å²) in [4.78, 5) is 22.8. The molecule has 0 saturated carbocycles. The van der Waals surface area contributed by atoms with E-state index in [4.69, 9.17) is 4.74 Å². The topological polar surface area (TPSA) is 43.4 Å². The zero-order chi connectivity index (χ0) is 16.6. The summed E-state index contributed by atoms with van der Waals surface area (Å²) in [7, 11) is 0. The molecule has 1 aromatic carbocycles. The lowest BCUT2D eigenvalue weighted by Crippen LogP contribution is -2.47. The lowest BCUT2D eigenvalue weighted by Gasteiger charge is -2.30. The molecule has 0 unspecified atom stereocenters. The molecule has 0 saturated heterocycles. The fourth-order valence-electron chi connectivity index (χ4n) is 1.25. The van der Waals surface area contributed by atoms with Gasteiger partial charge in [0.25, 0.3) is 0 Å². The van der Waals surface area contributed by atoms with E-state index in [1.165, 1.54) is 0 Å². The molecule has 0 fully saturated rings. The van der Waals surface area contributed by atoms with Gasteiger partial charge in [-0.15, -0.1) is 0 Å². The molecule has 0 aromatic heterocycles. The van der Waals surface area contributed by atoms with E-state index in [0.717, 1.165) is 21.0 Å². The van der Waals surface area contributed by atoms with Crippen molar-refractivity contribution in [1.29, 1.82) is 0 Å². The normalized spacial score (nSPS) is 12.2. The van der Waals surface area contributed by atoms with Gasteiger partial charge in [-0.3, -0.25) is 4.79 Å². The standard InChI is InChI=1S/C12H8F2I4O3/c1-11(2,12(13,14)4-19)21-10(20)7-8(17)5(15)3-6(16)9(7)18/h3-4H,1-2H3. The van der Waals surface area contributed by atoms with Crippen LogP contribution in [-0.2, 0) is 9.53 Å². The molecule has 0 radical (unpaired) electrons. The van der Waals surface area contributed by atoms with E-state index in [9.17, 15) is 18.4 Å². The van der Waals surface area contributed by atoms with Crippen LogP contribution in [0.15, 0.2) is 6.07 Å². The second-order valence-electron chi connectivity index (χ2n) is 4.48. The Morgan fingerprint density at radius 2 is 1.57 bits per heavy atom. The summed E-state index contributed by atoms with van der Waals surface area (Å²) < 4.78 is 34.9. The highest BCUT2D eigenvalue weighted by molar-refractivity contribution is 14.1. The van der Waals surface area contributed by atoms with Gasteiger partial charge in [0.1, 0.15) is 0 Å². The number of ether oxygens (including phenoxy) is 1. The highest BCUT2D eigenvalue weighted by Gasteiger charge is 2.50. The summed E-state index contributed by atoms with van der Waals surface area (Å²) in [6, 6.07) is 1.88. The Labute approximate surface area is 174 Å². The van der Waals surface area contributed by atoms with E-state index in [1.807, 2.05) is 51.2 Å². The molecule has 0 N–H and O–H groups in total. The summed E-state index contributed by atoms with van der Waals surface area (Å²) in [5.74, 6) is -4.62. The van der Waals surface area contributed by atoms with Crippen LogP contribution >= 0.6 is 90.4 Å². The number of esters is 1. The van der Waals surface area contributed by atoms with Crippen LogP contribution in [0.2, 0.25) is 0 Å². The van der Waals surface area contributed by atoms with Crippen molar-refractivity contribution in [3.05, 3.63) is 25.9 Å². The average molecular weight is 746 g/mol. The SMILES string of the molecule is CC(C)(OC(=O)c1c(I)c(I)cc(I)c1I)C(F)(F)C=O. The van der Waals surface area contributed by atoms with Crippen LogP contribution in [0.1, 0.15) is 24.2 Å². The number of benzene rings is 1.